The van der Waals surface area contributed by atoms with Gasteiger partial charge in [-0.05, 0) is 55.2 Å². The number of halogens is 3. The van der Waals surface area contributed by atoms with Gasteiger partial charge >= 0.3 is 0 Å². The van der Waals surface area contributed by atoms with E-state index in [1.807, 2.05) is 0 Å². The molecule has 0 spiro atoms. The highest BCUT2D eigenvalue weighted by Crippen LogP contribution is 2.29. The Labute approximate surface area is 181 Å². The third-order valence-corrected chi connectivity index (χ3v) is 7.75. The van der Waals surface area contributed by atoms with Crippen LogP contribution in [0.25, 0.3) is 0 Å². The highest BCUT2D eigenvalue weighted by Gasteiger charge is 2.32. The molecule has 2 aromatic rings. The Balaban J connectivity index is 1.57. The quantitative estimate of drug-likeness (QED) is 0.528. The van der Waals surface area contributed by atoms with Crippen LogP contribution in [-0.4, -0.2) is 31.6 Å². The van der Waals surface area contributed by atoms with Crippen molar-refractivity contribution in [3.8, 4) is 0 Å². The van der Waals surface area contributed by atoms with Crippen LogP contribution in [0.3, 0.4) is 0 Å². The third kappa shape index (κ3) is 5.28. The van der Waals surface area contributed by atoms with Gasteiger partial charge in [-0.1, -0.05) is 44.0 Å². The van der Waals surface area contributed by atoms with Crippen molar-refractivity contribution in [3.63, 3.8) is 0 Å². The summed E-state index contributed by atoms with van der Waals surface area (Å²) in [5.74, 6) is -0.270. The van der Waals surface area contributed by atoms with Crippen molar-refractivity contribution in [2.24, 2.45) is 5.92 Å². The molecule has 8 heteroatoms. The van der Waals surface area contributed by atoms with Crippen molar-refractivity contribution in [3.05, 3.63) is 62.8 Å². The number of rotatable bonds is 6. The lowest BCUT2D eigenvalue weighted by Gasteiger charge is -2.30. The molecule has 0 aromatic heterocycles. The van der Waals surface area contributed by atoms with Crippen molar-refractivity contribution >= 4 is 47.7 Å². The average Bonchev–Trinajstić information content (AvgIpc) is 2.66. The summed E-state index contributed by atoms with van der Waals surface area (Å²) in [6, 6.07) is 11.1. The van der Waals surface area contributed by atoms with Gasteiger partial charge in [0.2, 0.25) is 10.0 Å². The van der Waals surface area contributed by atoms with E-state index in [1.165, 1.54) is 16.4 Å². The van der Waals surface area contributed by atoms with Gasteiger partial charge < -0.3 is 0 Å². The normalized spacial score (nSPS) is 16.2. The van der Waals surface area contributed by atoms with Crippen molar-refractivity contribution < 1.29 is 17.6 Å². The van der Waals surface area contributed by atoms with E-state index >= 15 is 0 Å². The number of ketones is 1. The van der Waals surface area contributed by atoms with E-state index in [4.69, 9.17) is 0 Å². The lowest BCUT2D eigenvalue weighted by atomic mass is 9.90. The van der Waals surface area contributed by atoms with Crippen LogP contribution in [0.5, 0.6) is 0 Å². The molecular formula is C20H20Br2FNO3S. The fourth-order valence-electron chi connectivity index (χ4n) is 3.37. The molecule has 0 unspecified atom stereocenters. The number of carbonyl (C=O) groups excluding carboxylic acids is 1. The number of hydrogen-bond acceptors (Lipinski definition) is 3. The number of piperidine rings is 1. The maximum absolute atomic E-state index is 13.0. The second-order valence-corrected chi connectivity index (χ2v) is 10.6. The van der Waals surface area contributed by atoms with Crippen LogP contribution in [0.1, 0.15) is 24.8 Å². The van der Waals surface area contributed by atoms with Crippen molar-refractivity contribution in [1.82, 2.24) is 4.31 Å². The lowest BCUT2D eigenvalue weighted by molar-refractivity contribution is -0.123. The topological polar surface area (TPSA) is 54.5 Å². The Morgan fingerprint density at radius 3 is 2.18 bits per heavy atom. The smallest absolute Gasteiger partial charge is 0.243 e. The van der Waals surface area contributed by atoms with E-state index in [9.17, 15) is 17.6 Å². The molecular weight excluding hydrogens is 513 g/mol. The highest BCUT2D eigenvalue weighted by molar-refractivity contribution is 9.11. The zero-order valence-corrected chi connectivity index (χ0v) is 19.1. The van der Waals surface area contributed by atoms with Crippen LogP contribution in [0.2, 0.25) is 0 Å². The van der Waals surface area contributed by atoms with Gasteiger partial charge in [0.05, 0.1) is 4.90 Å². The Morgan fingerprint density at radius 2 is 1.61 bits per heavy atom. The fraction of sp³-hybridized carbons (Fsp3) is 0.350. The molecule has 3 rings (SSSR count). The number of sulfonamides is 1. The molecule has 4 nitrogen and oxygen atoms in total. The molecule has 0 N–H and O–H groups in total. The van der Waals surface area contributed by atoms with Crippen molar-refractivity contribution in [2.45, 2.75) is 30.6 Å². The Morgan fingerprint density at radius 1 is 1.04 bits per heavy atom. The van der Waals surface area contributed by atoms with E-state index in [0.29, 0.717) is 47.7 Å². The highest BCUT2D eigenvalue weighted by atomic mass is 79.9. The Hall–Kier alpha value is -1.09. The van der Waals surface area contributed by atoms with Crippen LogP contribution in [0.15, 0.2) is 56.3 Å². The predicted molar refractivity (Wildman–Crippen MR) is 113 cm³/mol. The first-order valence-corrected chi connectivity index (χ1v) is 12.0. The number of hydrogen-bond donors (Lipinski definition) is 0. The zero-order valence-electron chi connectivity index (χ0n) is 15.1. The average molecular weight is 533 g/mol. The number of carbonyl (C=O) groups is 1. The number of Topliss-reactive ketones (excluding diaryl/α,β-unsaturated/α-hetero) is 1. The summed E-state index contributed by atoms with van der Waals surface area (Å²) in [4.78, 5) is 12.7. The van der Waals surface area contributed by atoms with Gasteiger partial charge in [-0.2, -0.15) is 4.31 Å². The number of nitrogens with zero attached hydrogens (tertiary/aromatic N) is 1. The van der Waals surface area contributed by atoms with Crippen LogP contribution in [-0.2, 0) is 21.2 Å². The molecule has 2 aromatic carbocycles. The molecule has 150 valence electrons. The molecule has 1 saturated heterocycles. The SMILES string of the molecule is O=C(CCc1ccc(F)cc1)C1CCN(S(=O)(=O)c2cc(Br)cc(Br)c2)CC1. The zero-order chi connectivity index (χ0) is 20.3. The Bertz CT molecular complexity index is 936. The predicted octanol–water partition coefficient (Wildman–Crippen LogP) is 4.95. The largest absolute Gasteiger partial charge is 0.299 e. The van der Waals surface area contributed by atoms with Crippen LogP contribution in [0.4, 0.5) is 4.39 Å². The van der Waals surface area contributed by atoms with E-state index in [2.05, 4.69) is 31.9 Å². The van der Waals surface area contributed by atoms with Gasteiger partial charge in [0.1, 0.15) is 11.6 Å². The monoisotopic (exact) mass is 531 g/mol. The second kappa shape index (κ2) is 9.15. The van der Waals surface area contributed by atoms with E-state index in [-0.39, 0.29) is 22.4 Å². The van der Waals surface area contributed by atoms with Gasteiger partial charge in [0, 0.05) is 34.4 Å². The van der Waals surface area contributed by atoms with Gasteiger partial charge in [0.25, 0.3) is 0 Å². The molecule has 0 amide bonds. The molecule has 0 atom stereocenters. The minimum atomic E-state index is -3.59. The van der Waals surface area contributed by atoms with E-state index < -0.39 is 10.0 Å². The van der Waals surface area contributed by atoms with Gasteiger partial charge in [-0.15, -0.1) is 0 Å². The Kier molecular flexibility index (Phi) is 7.07. The summed E-state index contributed by atoms with van der Waals surface area (Å²) in [5.41, 5.74) is 0.926. The summed E-state index contributed by atoms with van der Waals surface area (Å²) in [6.45, 7) is 0.666. The summed E-state index contributed by atoms with van der Waals surface area (Å²) in [6.07, 6.45) is 2.01. The minimum absolute atomic E-state index is 0.124. The third-order valence-electron chi connectivity index (χ3n) is 4.96. The van der Waals surface area contributed by atoms with Gasteiger partial charge in [0.15, 0.2) is 0 Å². The summed E-state index contributed by atoms with van der Waals surface area (Å²) in [7, 11) is -3.59. The molecule has 1 aliphatic heterocycles. The van der Waals surface area contributed by atoms with Crippen molar-refractivity contribution in [1.29, 1.82) is 0 Å². The maximum Gasteiger partial charge on any atom is 0.243 e. The minimum Gasteiger partial charge on any atom is -0.299 e. The molecule has 1 aliphatic rings. The summed E-state index contributed by atoms with van der Waals surface area (Å²) < 4.78 is 41.5. The second-order valence-electron chi connectivity index (χ2n) is 6.88. The molecule has 28 heavy (non-hydrogen) atoms. The molecule has 1 fully saturated rings. The van der Waals surface area contributed by atoms with Crippen LogP contribution in [0, 0.1) is 11.7 Å². The first-order valence-electron chi connectivity index (χ1n) is 8.99. The number of aryl methyl sites for hydroxylation is 1. The van der Waals surface area contributed by atoms with Gasteiger partial charge in [-0.25, -0.2) is 12.8 Å². The summed E-state index contributed by atoms with van der Waals surface area (Å²) >= 11 is 6.64. The number of benzene rings is 2. The van der Waals surface area contributed by atoms with Crippen LogP contribution >= 0.6 is 31.9 Å². The van der Waals surface area contributed by atoms with Crippen molar-refractivity contribution in [2.75, 3.05) is 13.1 Å². The summed E-state index contributed by atoms with van der Waals surface area (Å²) in [5, 5.41) is 0. The molecule has 0 saturated carbocycles. The maximum atomic E-state index is 13.0. The molecule has 0 radical (unpaired) electrons. The first-order chi connectivity index (χ1) is 13.3. The fourth-order valence-corrected chi connectivity index (χ4v) is 6.51. The van der Waals surface area contributed by atoms with Crippen LogP contribution < -0.4 is 0 Å². The molecule has 0 aliphatic carbocycles. The van der Waals surface area contributed by atoms with Gasteiger partial charge in [-0.3, -0.25) is 4.79 Å². The van der Waals surface area contributed by atoms with E-state index in [0.717, 1.165) is 5.56 Å². The first kappa shape index (κ1) is 21.6. The molecule has 1 heterocycles. The standard InChI is InChI=1S/C20H20Br2FNO3S/c21-16-11-17(22)13-19(12-16)28(26,27)24-9-7-15(8-10-24)20(25)6-3-14-1-4-18(23)5-2-14/h1-2,4-5,11-13,15H,3,6-10H2. The lowest BCUT2D eigenvalue weighted by Crippen LogP contribution is -2.40. The van der Waals surface area contributed by atoms with E-state index in [1.54, 1.807) is 30.3 Å². The molecule has 0 bridgehead atoms.